The first-order valence-electron chi connectivity index (χ1n) is 6.13. The molecule has 0 aromatic carbocycles. The van der Waals surface area contributed by atoms with Gasteiger partial charge in [0.2, 0.25) is 5.91 Å². The average Bonchev–Trinajstić information content (AvgIpc) is 2.76. The van der Waals surface area contributed by atoms with E-state index >= 15 is 0 Å². The fraction of sp³-hybridized carbons (Fsp3) is 0.667. The Morgan fingerprint density at radius 3 is 2.94 bits per heavy atom. The first-order chi connectivity index (χ1) is 8.54. The van der Waals surface area contributed by atoms with E-state index in [2.05, 4.69) is 10.4 Å². The fourth-order valence-corrected chi connectivity index (χ4v) is 1.44. The van der Waals surface area contributed by atoms with Gasteiger partial charge in [0.05, 0.1) is 6.04 Å². The standard InChI is InChI=1S/C12H22N4O2/c1-9(2)11(13)12(17)14-10-5-7-16(15-10)6-4-8-18-3/h5,7,9,11H,4,6,8,13H2,1-3H3,(H,14,15,17)/t11-/m0/s1. The predicted octanol–water partition coefficient (Wildman–Crippen LogP) is 0.841. The third-order valence-electron chi connectivity index (χ3n) is 2.65. The van der Waals surface area contributed by atoms with Gasteiger partial charge in [0.15, 0.2) is 5.82 Å². The summed E-state index contributed by atoms with van der Waals surface area (Å²) >= 11 is 0. The third-order valence-corrected chi connectivity index (χ3v) is 2.65. The van der Waals surface area contributed by atoms with E-state index in [-0.39, 0.29) is 11.8 Å². The van der Waals surface area contributed by atoms with Crippen molar-refractivity contribution >= 4 is 11.7 Å². The topological polar surface area (TPSA) is 82.2 Å². The van der Waals surface area contributed by atoms with Crippen LogP contribution in [0.5, 0.6) is 0 Å². The Morgan fingerprint density at radius 2 is 2.33 bits per heavy atom. The molecule has 1 aromatic heterocycles. The Morgan fingerprint density at radius 1 is 1.61 bits per heavy atom. The van der Waals surface area contributed by atoms with Gasteiger partial charge in [0, 0.05) is 32.5 Å². The van der Waals surface area contributed by atoms with E-state index in [1.807, 2.05) is 20.0 Å². The molecule has 6 heteroatoms. The van der Waals surface area contributed by atoms with Crippen molar-refractivity contribution in [2.24, 2.45) is 11.7 Å². The van der Waals surface area contributed by atoms with Crippen LogP contribution < -0.4 is 11.1 Å². The second-order valence-corrected chi connectivity index (χ2v) is 4.57. The van der Waals surface area contributed by atoms with Gasteiger partial charge in [-0.1, -0.05) is 13.8 Å². The van der Waals surface area contributed by atoms with Crippen LogP contribution in [0, 0.1) is 5.92 Å². The highest BCUT2D eigenvalue weighted by Gasteiger charge is 2.17. The van der Waals surface area contributed by atoms with Gasteiger partial charge in [0.25, 0.3) is 0 Å². The number of carbonyl (C=O) groups is 1. The number of aryl methyl sites for hydroxylation is 1. The van der Waals surface area contributed by atoms with Crippen molar-refractivity contribution in [3.8, 4) is 0 Å². The van der Waals surface area contributed by atoms with E-state index in [0.29, 0.717) is 12.4 Å². The third kappa shape index (κ3) is 4.46. The first kappa shape index (κ1) is 14.7. The van der Waals surface area contributed by atoms with Crippen LogP contribution in [-0.4, -0.2) is 35.4 Å². The molecule has 0 bridgehead atoms. The molecule has 0 aliphatic heterocycles. The zero-order valence-electron chi connectivity index (χ0n) is 11.2. The van der Waals surface area contributed by atoms with Gasteiger partial charge in [0.1, 0.15) is 0 Å². The Balaban J connectivity index is 2.46. The number of amides is 1. The molecule has 0 saturated heterocycles. The van der Waals surface area contributed by atoms with Crippen LogP contribution >= 0.6 is 0 Å². The van der Waals surface area contributed by atoms with Crippen LogP contribution in [0.15, 0.2) is 12.3 Å². The molecule has 0 unspecified atom stereocenters. The summed E-state index contributed by atoms with van der Waals surface area (Å²) in [6, 6.07) is 1.25. The number of methoxy groups -OCH3 is 1. The van der Waals surface area contributed by atoms with Crippen LogP contribution in [0.25, 0.3) is 0 Å². The number of hydrogen-bond donors (Lipinski definition) is 2. The monoisotopic (exact) mass is 254 g/mol. The fourth-order valence-electron chi connectivity index (χ4n) is 1.44. The van der Waals surface area contributed by atoms with Crippen molar-refractivity contribution in [3.63, 3.8) is 0 Å². The number of rotatable bonds is 7. The van der Waals surface area contributed by atoms with E-state index < -0.39 is 6.04 Å². The number of nitrogens with one attached hydrogen (secondary N) is 1. The maximum Gasteiger partial charge on any atom is 0.242 e. The molecule has 0 saturated carbocycles. The molecule has 1 atom stereocenters. The lowest BCUT2D eigenvalue weighted by atomic mass is 10.1. The minimum Gasteiger partial charge on any atom is -0.385 e. The highest BCUT2D eigenvalue weighted by molar-refractivity contribution is 5.93. The summed E-state index contributed by atoms with van der Waals surface area (Å²) in [5, 5.41) is 6.94. The molecule has 1 rings (SSSR count). The SMILES string of the molecule is COCCCn1ccc(NC(=O)[C@@H](N)C(C)C)n1. The molecule has 1 heterocycles. The molecule has 0 fully saturated rings. The second-order valence-electron chi connectivity index (χ2n) is 4.57. The summed E-state index contributed by atoms with van der Waals surface area (Å²) in [5.41, 5.74) is 5.75. The summed E-state index contributed by atoms with van der Waals surface area (Å²) in [6.45, 7) is 5.28. The summed E-state index contributed by atoms with van der Waals surface area (Å²) in [5.74, 6) is 0.439. The van der Waals surface area contributed by atoms with Crippen molar-refractivity contribution in [3.05, 3.63) is 12.3 Å². The van der Waals surface area contributed by atoms with E-state index in [4.69, 9.17) is 10.5 Å². The summed E-state index contributed by atoms with van der Waals surface area (Å²) in [4.78, 5) is 11.7. The van der Waals surface area contributed by atoms with E-state index in [9.17, 15) is 4.79 Å². The molecule has 1 aromatic rings. The van der Waals surface area contributed by atoms with E-state index in [1.54, 1.807) is 17.9 Å². The average molecular weight is 254 g/mol. The molecule has 0 aliphatic rings. The van der Waals surface area contributed by atoms with Crippen LogP contribution in [0.4, 0.5) is 5.82 Å². The molecule has 6 nitrogen and oxygen atoms in total. The summed E-state index contributed by atoms with van der Waals surface area (Å²) in [6.07, 6.45) is 2.71. The Hall–Kier alpha value is -1.40. The predicted molar refractivity (Wildman–Crippen MR) is 70.2 cm³/mol. The molecule has 0 radical (unpaired) electrons. The largest absolute Gasteiger partial charge is 0.385 e. The normalized spacial score (nSPS) is 12.7. The number of ether oxygens (including phenoxy) is 1. The zero-order valence-corrected chi connectivity index (χ0v) is 11.2. The van der Waals surface area contributed by atoms with Crippen molar-refractivity contribution < 1.29 is 9.53 Å². The lowest BCUT2D eigenvalue weighted by Gasteiger charge is -2.13. The molecule has 0 spiro atoms. The van der Waals surface area contributed by atoms with Crippen molar-refractivity contribution in [2.75, 3.05) is 19.0 Å². The Labute approximate surface area is 107 Å². The summed E-state index contributed by atoms with van der Waals surface area (Å²) in [7, 11) is 1.67. The molecule has 1 amide bonds. The number of hydrogen-bond acceptors (Lipinski definition) is 4. The lowest BCUT2D eigenvalue weighted by molar-refractivity contribution is -0.118. The second kappa shape index (κ2) is 7.13. The van der Waals surface area contributed by atoms with Gasteiger partial charge in [-0.3, -0.25) is 9.48 Å². The van der Waals surface area contributed by atoms with Gasteiger partial charge >= 0.3 is 0 Å². The molecule has 102 valence electrons. The van der Waals surface area contributed by atoms with Gasteiger partial charge in [-0.05, 0) is 12.3 Å². The van der Waals surface area contributed by atoms with Gasteiger partial charge < -0.3 is 15.8 Å². The van der Waals surface area contributed by atoms with Gasteiger partial charge in [-0.25, -0.2) is 0 Å². The van der Waals surface area contributed by atoms with Gasteiger partial charge in [-0.2, -0.15) is 5.10 Å². The summed E-state index contributed by atoms with van der Waals surface area (Å²) < 4.78 is 6.74. The Kier molecular flexibility index (Phi) is 5.80. The lowest BCUT2D eigenvalue weighted by Crippen LogP contribution is -2.39. The quantitative estimate of drug-likeness (QED) is 0.706. The molecular formula is C12H22N4O2. The first-order valence-corrected chi connectivity index (χ1v) is 6.13. The minimum atomic E-state index is -0.511. The maximum absolute atomic E-state index is 11.7. The van der Waals surface area contributed by atoms with E-state index in [1.165, 1.54) is 0 Å². The number of nitrogens with two attached hydrogens (primary N) is 1. The zero-order chi connectivity index (χ0) is 13.5. The van der Waals surface area contributed by atoms with Gasteiger partial charge in [-0.15, -0.1) is 0 Å². The van der Waals surface area contributed by atoms with Crippen LogP contribution in [-0.2, 0) is 16.1 Å². The smallest absolute Gasteiger partial charge is 0.242 e. The highest BCUT2D eigenvalue weighted by Crippen LogP contribution is 2.06. The van der Waals surface area contributed by atoms with Crippen molar-refractivity contribution in [2.45, 2.75) is 32.9 Å². The van der Waals surface area contributed by atoms with Crippen molar-refractivity contribution in [1.29, 1.82) is 0 Å². The van der Waals surface area contributed by atoms with Crippen LogP contribution in [0.1, 0.15) is 20.3 Å². The highest BCUT2D eigenvalue weighted by atomic mass is 16.5. The molecular weight excluding hydrogens is 232 g/mol. The van der Waals surface area contributed by atoms with Crippen LogP contribution in [0.2, 0.25) is 0 Å². The maximum atomic E-state index is 11.7. The van der Waals surface area contributed by atoms with E-state index in [0.717, 1.165) is 13.0 Å². The molecule has 0 aliphatic carbocycles. The Bertz CT molecular complexity index is 376. The molecule has 3 N–H and O–H groups in total. The number of aromatic nitrogens is 2. The number of nitrogens with zero attached hydrogens (tertiary/aromatic N) is 2. The molecule has 18 heavy (non-hydrogen) atoms. The number of anilines is 1. The van der Waals surface area contributed by atoms with Crippen LogP contribution in [0.3, 0.4) is 0 Å². The van der Waals surface area contributed by atoms with Crippen molar-refractivity contribution in [1.82, 2.24) is 9.78 Å². The minimum absolute atomic E-state index is 0.105. The number of carbonyl (C=O) groups excluding carboxylic acids is 1.